The Kier molecular flexibility index (Phi) is 20.3. The number of hydrogen-bond acceptors (Lipinski definition) is 9. The molecule has 2 unspecified atom stereocenters. The standard InChI is InChI=1S/C26H40Cl4N5O10PS/c27-7-11-34(12-8-28)46(42,35(13-9-29)14-10-30)45-15-16-47(43,44)18-22(33-23(36)6-5-21(31)26(40)41)24(37)32-17-19-3-1-2-4-20(19)25(38)39/h1-4,21-22H,5-18,31H2,(H,32,37)(H,33,36)(H,38,39)(H,40,41). The monoisotopic (exact) mass is 785 g/mol. The largest absolute Gasteiger partial charge is 0.480 e. The third kappa shape index (κ3) is 15.2. The predicted octanol–water partition coefficient (Wildman–Crippen LogP) is 1.78. The summed E-state index contributed by atoms with van der Waals surface area (Å²) in [7, 11) is -8.16. The highest BCUT2D eigenvalue weighted by Gasteiger charge is 2.38. The van der Waals surface area contributed by atoms with E-state index in [-0.39, 0.29) is 73.8 Å². The van der Waals surface area contributed by atoms with Crippen molar-refractivity contribution in [2.45, 2.75) is 31.5 Å². The molecule has 0 fully saturated rings. The zero-order valence-corrected chi connectivity index (χ0v) is 30.1. The van der Waals surface area contributed by atoms with Crippen LogP contribution in [0.1, 0.15) is 28.8 Å². The Morgan fingerprint density at radius 2 is 1.47 bits per heavy atom. The first-order valence-corrected chi connectivity index (χ1v) is 19.7. The van der Waals surface area contributed by atoms with Crippen molar-refractivity contribution in [1.29, 1.82) is 0 Å². The van der Waals surface area contributed by atoms with Crippen LogP contribution in [0.4, 0.5) is 0 Å². The van der Waals surface area contributed by atoms with E-state index in [0.717, 1.165) is 0 Å². The molecule has 0 saturated heterocycles. The van der Waals surface area contributed by atoms with E-state index in [9.17, 15) is 37.3 Å². The van der Waals surface area contributed by atoms with E-state index in [1.807, 2.05) is 0 Å². The van der Waals surface area contributed by atoms with Crippen LogP contribution in [0.3, 0.4) is 0 Å². The first-order valence-electron chi connectivity index (χ1n) is 14.2. The number of carbonyl (C=O) groups is 4. The number of alkyl halides is 4. The molecule has 0 saturated carbocycles. The minimum atomic E-state index is -4.22. The van der Waals surface area contributed by atoms with Crippen molar-refractivity contribution in [3.8, 4) is 0 Å². The first kappa shape index (κ1) is 43.3. The topological polar surface area (TPSA) is 226 Å². The van der Waals surface area contributed by atoms with Gasteiger partial charge >= 0.3 is 19.6 Å². The van der Waals surface area contributed by atoms with Crippen molar-refractivity contribution >= 4 is 87.7 Å². The van der Waals surface area contributed by atoms with Gasteiger partial charge in [-0.3, -0.25) is 18.9 Å². The van der Waals surface area contributed by atoms with Crippen LogP contribution >= 0.6 is 54.1 Å². The number of nitrogens with one attached hydrogen (secondary N) is 2. The molecule has 1 rings (SSSR count). The predicted molar refractivity (Wildman–Crippen MR) is 180 cm³/mol. The highest BCUT2D eigenvalue weighted by molar-refractivity contribution is 7.91. The molecule has 15 nitrogen and oxygen atoms in total. The normalized spacial score (nSPS) is 13.3. The van der Waals surface area contributed by atoms with Gasteiger partial charge in [0.25, 0.3) is 0 Å². The van der Waals surface area contributed by atoms with Crippen molar-refractivity contribution in [3.63, 3.8) is 0 Å². The molecule has 1 aromatic carbocycles. The molecule has 0 aliphatic heterocycles. The first-order chi connectivity index (χ1) is 22.1. The second-order valence-corrected chi connectivity index (χ2v) is 16.0. The zero-order valence-electron chi connectivity index (χ0n) is 25.4. The van der Waals surface area contributed by atoms with Crippen molar-refractivity contribution in [3.05, 3.63) is 35.4 Å². The molecule has 268 valence electrons. The van der Waals surface area contributed by atoms with E-state index in [1.54, 1.807) is 6.07 Å². The Morgan fingerprint density at radius 1 is 0.936 bits per heavy atom. The van der Waals surface area contributed by atoms with Gasteiger partial charge in [-0.05, 0) is 18.1 Å². The van der Waals surface area contributed by atoms with Crippen molar-refractivity contribution in [2.24, 2.45) is 5.73 Å². The van der Waals surface area contributed by atoms with Crippen LogP contribution in [0.15, 0.2) is 24.3 Å². The molecule has 2 amide bonds. The van der Waals surface area contributed by atoms with Gasteiger partial charge in [0.05, 0.1) is 23.7 Å². The van der Waals surface area contributed by atoms with E-state index < -0.39 is 77.9 Å². The smallest absolute Gasteiger partial charge is 0.346 e. The number of aliphatic carboxylic acids is 1. The van der Waals surface area contributed by atoms with Gasteiger partial charge in [-0.25, -0.2) is 22.6 Å². The minimum Gasteiger partial charge on any atom is -0.480 e. The molecule has 0 aliphatic rings. The highest BCUT2D eigenvalue weighted by Crippen LogP contribution is 2.54. The molecule has 0 heterocycles. The number of carbonyl (C=O) groups excluding carboxylic acids is 2. The Hall–Kier alpha value is -1.72. The fraction of sp³-hybridized carbons (Fsp3) is 0.615. The number of hydrogen-bond donors (Lipinski definition) is 5. The highest BCUT2D eigenvalue weighted by atomic mass is 35.5. The SMILES string of the molecule is NC(CCC(=O)NC(CS(=O)(=O)CCOP(=O)(N(CCCl)CCCl)N(CCCl)CCCl)C(=O)NCc1ccccc1C(=O)O)C(=O)O. The van der Waals surface area contributed by atoms with Gasteiger partial charge in [-0.15, -0.1) is 46.4 Å². The lowest BCUT2D eigenvalue weighted by Gasteiger charge is -2.37. The summed E-state index contributed by atoms with van der Waals surface area (Å²) in [6.45, 7) is -0.551. The molecular formula is C26H40Cl4N5O10PS. The number of benzene rings is 1. The fourth-order valence-corrected chi connectivity index (χ4v) is 9.21. The lowest BCUT2D eigenvalue weighted by molar-refractivity contribution is -0.138. The van der Waals surface area contributed by atoms with Gasteiger partial charge in [-0.1, -0.05) is 18.2 Å². The Labute approximate surface area is 293 Å². The van der Waals surface area contributed by atoms with Crippen LogP contribution in [0.5, 0.6) is 0 Å². The van der Waals surface area contributed by atoms with Gasteiger partial charge < -0.3 is 31.1 Å². The molecular weight excluding hydrogens is 747 g/mol. The number of carboxylic acid groups (broad SMARTS) is 2. The number of carboxylic acids is 2. The van der Waals surface area contributed by atoms with Gasteiger partial charge in [0.1, 0.15) is 12.1 Å². The molecule has 47 heavy (non-hydrogen) atoms. The average Bonchev–Trinajstić information content (AvgIpc) is 3.01. The summed E-state index contributed by atoms with van der Waals surface area (Å²) >= 11 is 23.6. The quantitative estimate of drug-likeness (QED) is 0.0705. The summed E-state index contributed by atoms with van der Waals surface area (Å²) in [5, 5.41) is 23.1. The van der Waals surface area contributed by atoms with E-state index in [0.29, 0.717) is 0 Å². The van der Waals surface area contributed by atoms with E-state index >= 15 is 0 Å². The van der Waals surface area contributed by atoms with Crippen LogP contribution < -0.4 is 16.4 Å². The number of aromatic carboxylic acids is 1. The maximum atomic E-state index is 14.2. The molecule has 1 aromatic rings. The number of rotatable bonds is 25. The van der Waals surface area contributed by atoms with E-state index in [2.05, 4.69) is 10.6 Å². The second-order valence-electron chi connectivity index (χ2n) is 9.89. The van der Waals surface area contributed by atoms with Crippen molar-refractivity contribution in [2.75, 3.05) is 67.8 Å². The van der Waals surface area contributed by atoms with E-state index in [4.69, 9.17) is 61.8 Å². The van der Waals surface area contributed by atoms with E-state index in [1.165, 1.54) is 27.5 Å². The van der Waals surface area contributed by atoms with Crippen LogP contribution in [0.25, 0.3) is 0 Å². The summed E-state index contributed by atoms with van der Waals surface area (Å²) in [6, 6.07) is 2.76. The third-order valence-electron chi connectivity index (χ3n) is 6.51. The number of sulfone groups is 1. The van der Waals surface area contributed by atoms with Crippen molar-refractivity contribution in [1.82, 2.24) is 20.0 Å². The fourth-order valence-electron chi connectivity index (χ4n) is 4.13. The molecule has 6 N–H and O–H groups in total. The minimum absolute atomic E-state index is 0.0585. The molecule has 0 radical (unpaired) electrons. The number of nitrogens with zero attached hydrogens (tertiary/aromatic N) is 2. The number of amides is 2. The number of halogens is 4. The Morgan fingerprint density at radius 3 is 1.96 bits per heavy atom. The maximum Gasteiger partial charge on any atom is 0.346 e. The summed E-state index contributed by atoms with van der Waals surface area (Å²) in [6.07, 6.45) is -0.723. The summed E-state index contributed by atoms with van der Waals surface area (Å²) < 4.78 is 49.2. The third-order valence-corrected chi connectivity index (χ3v) is 11.6. The molecule has 21 heteroatoms. The molecule has 0 bridgehead atoms. The molecule has 0 aromatic heterocycles. The van der Waals surface area contributed by atoms with Crippen LogP contribution in [0.2, 0.25) is 0 Å². The maximum absolute atomic E-state index is 14.2. The zero-order chi connectivity index (χ0) is 35.6. The van der Waals surface area contributed by atoms with Gasteiger partial charge in [0.15, 0.2) is 9.84 Å². The molecule has 0 spiro atoms. The molecule has 0 aliphatic carbocycles. The van der Waals surface area contributed by atoms with Crippen LogP contribution in [-0.4, -0.2) is 132 Å². The number of nitrogens with two attached hydrogens (primary N) is 1. The van der Waals surface area contributed by atoms with Gasteiger partial charge in [0.2, 0.25) is 11.8 Å². The summed E-state index contributed by atoms with van der Waals surface area (Å²) in [4.78, 5) is 48.3. The Bertz CT molecular complexity index is 1310. The summed E-state index contributed by atoms with van der Waals surface area (Å²) in [5.74, 6) is -5.83. The van der Waals surface area contributed by atoms with Crippen LogP contribution in [-0.2, 0) is 39.9 Å². The second kappa shape index (κ2) is 22.1. The van der Waals surface area contributed by atoms with Gasteiger partial charge in [-0.2, -0.15) is 0 Å². The van der Waals surface area contributed by atoms with Crippen molar-refractivity contribution < 1.29 is 46.9 Å². The molecule has 2 atom stereocenters. The van der Waals surface area contributed by atoms with Crippen LogP contribution in [0, 0.1) is 0 Å². The Balaban J connectivity index is 3.19. The lowest BCUT2D eigenvalue weighted by atomic mass is 10.1. The average molecular weight is 787 g/mol. The van der Waals surface area contributed by atoms with Gasteiger partial charge in [0, 0.05) is 62.7 Å². The lowest BCUT2D eigenvalue weighted by Crippen LogP contribution is -2.51. The summed E-state index contributed by atoms with van der Waals surface area (Å²) in [5.41, 5.74) is 5.56.